The number of carbonyl (C=O) groups excluding carboxylic acids is 3. The maximum atomic E-state index is 12.3. The van der Waals surface area contributed by atoms with Crippen molar-refractivity contribution in [1.82, 2.24) is 5.32 Å². The Labute approximate surface area is 177 Å². The summed E-state index contributed by atoms with van der Waals surface area (Å²) in [5.74, 6) is -0.280. The standard InChI is InChI=1S/C24H29N3O3/c1-24(2,3)18-11-9-17(10-12-18)23(30)25-14-13-21(28)26-19-6-4-7-20(16-19)27-15-5-8-22(27)29/h4,6-7,9-12,16H,5,8,13-15H2,1-3H3,(H,25,30)(H,26,28). The lowest BCUT2D eigenvalue weighted by molar-refractivity contribution is -0.117. The van der Waals surface area contributed by atoms with E-state index in [0.29, 0.717) is 24.2 Å². The molecule has 1 fully saturated rings. The fourth-order valence-corrected chi connectivity index (χ4v) is 3.41. The molecule has 1 saturated heterocycles. The predicted octanol–water partition coefficient (Wildman–Crippen LogP) is 3.87. The van der Waals surface area contributed by atoms with Gasteiger partial charge in [0.05, 0.1) is 0 Å². The van der Waals surface area contributed by atoms with Gasteiger partial charge in [0.1, 0.15) is 0 Å². The molecule has 30 heavy (non-hydrogen) atoms. The van der Waals surface area contributed by atoms with Gasteiger partial charge in [0.15, 0.2) is 0 Å². The lowest BCUT2D eigenvalue weighted by Gasteiger charge is -2.19. The van der Waals surface area contributed by atoms with Crippen LogP contribution in [0.25, 0.3) is 0 Å². The van der Waals surface area contributed by atoms with Crippen molar-refractivity contribution in [1.29, 1.82) is 0 Å². The van der Waals surface area contributed by atoms with Gasteiger partial charge < -0.3 is 15.5 Å². The van der Waals surface area contributed by atoms with Crippen LogP contribution in [0.4, 0.5) is 11.4 Å². The van der Waals surface area contributed by atoms with Crippen molar-refractivity contribution in [2.75, 3.05) is 23.3 Å². The van der Waals surface area contributed by atoms with E-state index in [4.69, 9.17) is 0 Å². The molecule has 0 unspecified atom stereocenters. The summed E-state index contributed by atoms with van der Waals surface area (Å²) in [7, 11) is 0. The zero-order valence-corrected chi connectivity index (χ0v) is 17.8. The van der Waals surface area contributed by atoms with Crippen LogP contribution in [0.15, 0.2) is 48.5 Å². The monoisotopic (exact) mass is 407 g/mol. The van der Waals surface area contributed by atoms with Crippen LogP contribution in [0.5, 0.6) is 0 Å². The summed E-state index contributed by atoms with van der Waals surface area (Å²) in [5, 5.41) is 5.61. The number of amides is 3. The smallest absolute Gasteiger partial charge is 0.251 e. The minimum Gasteiger partial charge on any atom is -0.352 e. The van der Waals surface area contributed by atoms with Crippen LogP contribution in [0, 0.1) is 0 Å². The Kier molecular flexibility index (Phi) is 6.55. The summed E-state index contributed by atoms with van der Waals surface area (Å²) in [6.07, 6.45) is 1.59. The van der Waals surface area contributed by atoms with Gasteiger partial charge in [-0.25, -0.2) is 0 Å². The number of nitrogens with one attached hydrogen (secondary N) is 2. The number of benzene rings is 2. The molecule has 0 aliphatic carbocycles. The molecule has 0 spiro atoms. The zero-order valence-electron chi connectivity index (χ0n) is 17.8. The van der Waals surface area contributed by atoms with Crippen molar-refractivity contribution < 1.29 is 14.4 Å². The first-order valence-corrected chi connectivity index (χ1v) is 10.3. The predicted molar refractivity (Wildman–Crippen MR) is 119 cm³/mol. The van der Waals surface area contributed by atoms with Crippen LogP contribution in [-0.2, 0) is 15.0 Å². The van der Waals surface area contributed by atoms with Gasteiger partial charge >= 0.3 is 0 Å². The summed E-state index contributed by atoms with van der Waals surface area (Å²) in [6, 6.07) is 14.8. The Morgan fingerprint density at radius 2 is 1.80 bits per heavy atom. The average molecular weight is 408 g/mol. The molecule has 1 heterocycles. The van der Waals surface area contributed by atoms with E-state index in [2.05, 4.69) is 31.4 Å². The third kappa shape index (κ3) is 5.47. The van der Waals surface area contributed by atoms with Crippen molar-refractivity contribution in [3.63, 3.8) is 0 Å². The number of hydrogen-bond donors (Lipinski definition) is 2. The van der Waals surface area contributed by atoms with Gasteiger partial charge in [0, 0.05) is 42.9 Å². The molecule has 3 amide bonds. The first kappa shape index (κ1) is 21.6. The summed E-state index contributed by atoms with van der Waals surface area (Å²) < 4.78 is 0. The maximum Gasteiger partial charge on any atom is 0.251 e. The zero-order chi connectivity index (χ0) is 21.7. The largest absolute Gasteiger partial charge is 0.352 e. The van der Waals surface area contributed by atoms with Crippen molar-refractivity contribution in [3.8, 4) is 0 Å². The van der Waals surface area contributed by atoms with Crippen molar-refractivity contribution in [2.24, 2.45) is 0 Å². The van der Waals surface area contributed by atoms with E-state index in [9.17, 15) is 14.4 Å². The Morgan fingerprint density at radius 1 is 1.07 bits per heavy atom. The van der Waals surface area contributed by atoms with Crippen molar-refractivity contribution in [2.45, 2.75) is 45.4 Å². The van der Waals surface area contributed by atoms with Crippen molar-refractivity contribution in [3.05, 3.63) is 59.7 Å². The highest BCUT2D eigenvalue weighted by Crippen LogP contribution is 2.24. The molecular weight excluding hydrogens is 378 g/mol. The second kappa shape index (κ2) is 9.11. The molecular formula is C24H29N3O3. The molecule has 0 saturated carbocycles. The van der Waals surface area contributed by atoms with Crippen LogP contribution in [0.1, 0.15) is 56.0 Å². The number of carbonyl (C=O) groups is 3. The second-order valence-corrected chi connectivity index (χ2v) is 8.58. The number of anilines is 2. The lowest BCUT2D eigenvalue weighted by Crippen LogP contribution is -2.28. The van der Waals surface area contributed by atoms with Gasteiger partial charge in [-0.05, 0) is 47.7 Å². The average Bonchev–Trinajstić information content (AvgIpc) is 3.13. The lowest BCUT2D eigenvalue weighted by atomic mass is 9.87. The summed E-state index contributed by atoms with van der Waals surface area (Å²) in [5.41, 5.74) is 3.21. The van der Waals surface area contributed by atoms with E-state index >= 15 is 0 Å². The molecule has 6 nitrogen and oxygen atoms in total. The van der Waals surface area contributed by atoms with Gasteiger partial charge in [-0.2, -0.15) is 0 Å². The molecule has 6 heteroatoms. The molecule has 0 radical (unpaired) electrons. The van der Waals surface area contributed by atoms with Crippen LogP contribution in [0.2, 0.25) is 0 Å². The minimum absolute atomic E-state index is 0.0342. The second-order valence-electron chi connectivity index (χ2n) is 8.58. The van der Waals surface area contributed by atoms with E-state index in [1.165, 1.54) is 0 Å². The summed E-state index contributed by atoms with van der Waals surface area (Å²) in [6.45, 7) is 7.33. The summed E-state index contributed by atoms with van der Waals surface area (Å²) >= 11 is 0. The van der Waals surface area contributed by atoms with Gasteiger partial charge in [-0.1, -0.05) is 39.0 Å². The molecule has 0 aromatic heterocycles. The molecule has 2 aromatic carbocycles. The Hall–Kier alpha value is -3.15. The van der Waals surface area contributed by atoms with E-state index in [1.807, 2.05) is 24.3 Å². The van der Waals surface area contributed by atoms with Gasteiger partial charge in [0.25, 0.3) is 5.91 Å². The highest BCUT2D eigenvalue weighted by atomic mass is 16.2. The van der Waals surface area contributed by atoms with Crippen LogP contribution in [-0.4, -0.2) is 30.8 Å². The highest BCUT2D eigenvalue weighted by Gasteiger charge is 2.21. The Balaban J connectivity index is 1.48. The van der Waals surface area contributed by atoms with Crippen molar-refractivity contribution >= 4 is 29.1 Å². The SMILES string of the molecule is CC(C)(C)c1ccc(C(=O)NCCC(=O)Nc2cccc(N3CCCC3=O)c2)cc1. The third-order valence-corrected chi connectivity index (χ3v) is 5.17. The normalized spacial score (nSPS) is 14.0. The Bertz CT molecular complexity index is 929. The van der Waals surface area contributed by atoms with Gasteiger partial charge in [-0.3, -0.25) is 14.4 Å². The molecule has 1 aliphatic heterocycles. The van der Waals surface area contributed by atoms with E-state index < -0.39 is 0 Å². The molecule has 158 valence electrons. The Morgan fingerprint density at radius 3 is 2.43 bits per heavy atom. The molecule has 0 atom stereocenters. The molecule has 3 rings (SSSR count). The number of hydrogen-bond acceptors (Lipinski definition) is 3. The maximum absolute atomic E-state index is 12.3. The minimum atomic E-state index is -0.196. The topological polar surface area (TPSA) is 78.5 Å². The highest BCUT2D eigenvalue weighted by molar-refractivity contribution is 5.97. The molecule has 2 aromatic rings. The van der Waals surface area contributed by atoms with Gasteiger partial charge in [0.2, 0.25) is 11.8 Å². The van der Waals surface area contributed by atoms with Gasteiger partial charge in [-0.15, -0.1) is 0 Å². The van der Waals surface area contributed by atoms with E-state index in [-0.39, 0.29) is 36.1 Å². The summed E-state index contributed by atoms with van der Waals surface area (Å²) in [4.78, 5) is 38.2. The third-order valence-electron chi connectivity index (χ3n) is 5.17. The van der Waals surface area contributed by atoms with Crippen LogP contribution in [0.3, 0.4) is 0 Å². The molecule has 0 bridgehead atoms. The molecule has 2 N–H and O–H groups in total. The quantitative estimate of drug-likeness (QED) is 0.763. The first-order chi connectivity index (χ1) is 14.2. The fraction of sp³-hybridized carbons (Fsp3) is 0.375. The first-order valence-electron chi connectivity index (χ1n) is 10.3. The molecule has 1 aliphatic rings. The fourth-order valence-electron chi connectivity index (χ4n) is 3.41. The number of rotatable bonds is 6. The van der Waals surface area contributed by atoms with E-state index in [1.54, 1.807) is 29.2 Å². The number of nitrogens with zero attached hydrogens (tertiary/aromatic N) is 1. The van der Waals surface area contributed by atoms with E-state index in [0.717, 1.165) is 17.7 Å². The van der Waals surface area contributed by atoms with Crippen LogP contribution >= 0.6 is 0 Å². The van der Waals surface area contributed by atoms with Crippen LogP contribution < -0.4 is 15.5 Å².